The molecule has 164 valence electrons. The molecule has 1 saturated heterocycles. The van der Waals surface area contributed by atoms with Gasteiger partial charge < -0.3 is 16.0 Å². The highest BCUT2D eigenvalue weighted by atomic mass is 35.5. The van der Waals surface area contributed by atoms with Gasteiger partial charge in [0.05, 0.1) is 11.7 Å². The molecule has 2 aromatic carbocycles. The highest BCUT2D eigenvalue weighted by Gasteiger charge is 2.22. The molecule has 7 nitrogen and oxygen atoms in total. The van der Waals surface area contributed by atoms with Crippen molar-refractivity contribution in [1.29, 1.82) is 0 Å². The number of rotatable bonds is 8. The Bertz CT molecular complexity index is 1090. The Kier molecular flexibility index (Phi) is 7.09. The molecule has 1 unspecified atom stereocenters. The summed E-state index contributed by atoms with van der Waals surface area (Å²) in [7, 11) is 0. The van der Waals surface area contributed by atoms with Crippen molar-refractivity contribution in [3.05, 3.63) is 71.4 Å². The number of nitrogens with zero attached hydrogens (tertiary/aromatic N) is 2. The van der Waals surface area contributed by atoms with Crippen LogP contribution in [0.15, 0.2) is 60.8 Å². The Morgan fingerprint density at radius 3 is 2.59 bits per heavy atom. The lowest BCUT2D eigenvalue weighted by molar-refractivity contribution is -0.118. The molecule has 4 rings (SSSR count). The minimum absolute atomic E-state index is 0.0577. The molecule has 0 spiro atoms. The number of hydrogen-bond acceptors (Lipinski definition) is 6. The highest BCUT2D eigenvalue weighted by Crippen LogP contribution is 2.21. The van der Waals surface area contributed by atoms with Gasteiger partial charge in [0.1, 0.15) is 0 Å². The van der Waals surface area contributed by atoms with Crippen molar-refractivity contribution < 1.29 is 9.59 Å². The third-order valence-electron chi connectivity index (χ3n) is 5.30. The van der Waals surface area contributed by atoms with Gasteiger partial charge in [-0.05, 0) is 55.3 Å². The van der Waals surface area contributed by atoms with Crippen LogP contribution >= 0.6 is 11.6 Å². The summed E-state index contributed by atoms with van der Waals surface area (Å²) >= 11 is 5.95. The fourth-order valence-electron chi connectivity index (χ4n) is 3.57. The maximum atomic E-state index is 12.4. The molecular formula is C24H24ClN5O2. The maximum Gasteiger partial charge on any atom is 0.251 e. The van der Waals surface area contributed by atoms with Crippen LogP contribution in [-0.2, 0) is 4.79 Å². The summed E-state index contributed by atoms with van der Waals surface area (Å²) < 4.78 is 0. The molecule has 0 saturated carbocycles. The molecule has 1 atom stereocenters. The second-order valence-corrected chi connectivity index (χ2v) is 8.03. The standard InChI is InChI=1S/C24H24ClN5O2/c25-18-7-3-16(4-8-18)20-11-14-28-24(30-20)29-19-9-5-17(6-10-19)23(32)27-13-1-2-21-22(31)12-15-26-21/h3-11,14,21,26H,1-2,12-13,15H2,(H,27,32)(H,28,29,30). The van der Waals surface area contributed by atoms with E-state index in [-0.39, 0.29) is 17.7 Å². The number of carbonyl (C=O) groups is 2. The van der Waals surface area contributed by atoms with Crippen LogP contribution in [-0.4, -0.2) is 40.8 Å². The molecule has 3 N–H and O–H groups in total. The quantitative estimate of drug-likeness (QED) is 0.450. The number of amides is 1. The molecule has 32 heavy (non-hydrogen) atoms. The summed E-state index contributed by atoms with van der Waals surface area (Å²) in [5, 5.41) is 9.92. The van der Waals surface area contributed by atoms with E-state index in [9.17, 15) is 9.59 Å². The molecule has 2 heterocycles. The third-order valence-corrected chi connectivity index (χ3v) is 5.56. The summed E-state index contributed by atoms with van der Waals surface area (Å²) in [6.45, 7) is 1.29. The Morgan fingerprint density at radius 1 is 1.09 bits per heavy atom. The molecule has 1 fully saturated rings. The number of carbonyl (C=O) groups excluding carboxylic acids is 2. The molecule has 0 radical (unpaired) electrons. The van der Waals surface area contributed by atoms with Gasteiger partial charge in [-0.2, -0.15) is 0 Å². The molecule has 1 aliphatic heterocycles. The van der Waals surface area contributed by atoms with Crippen LogP contribution in [0.4, 0.5) is 11.6 Å². The van der Waals surface area contributed by atoms with Gasteiger partial charge in [0, 0.05) is 47.5 Å². The van der Waals surface area contributed by atoms with Crippen LogP contribution in [0.5, 0.6) is 0 Å². The predicted octanol–water partition coefficient (Wildman–Crippen LogP) is 3.98. The first kappa shape index (κ1) is 21.9. The zero-order chi connectivity index (χ0) is 22.3. The summed E-state index contributed by atoms with van der Waals surface area (Å²) in [5.74, 6) is 0.593. The van der Waals surface area contributed by atoms with Gasteiger partial charge in [-0.25, -0.2) is 9.97 Å². The van der Waals surface area contributed by atoms with Crippen LogP contribution in [0, 0.1) is 0 Å². The number of hydrogen-bond donors (Lipinski definition) is 3. The van der Waals surface area contributed by atoms with Gasteiger partial charge in [0.2, 0.25) is 5.95 Å². The number of anilines is 2. The average Bonchev–Trinajstić information content (AvgIpc) is 3.22. The minimum atomic E-state index is -0.136. The molecule has 1 amide bonds. The van der Waals surface area contributed by atoms with Crippen molar-refractivity contribution >= 4 is 34.9 Å². The molecule has 8 heteroatoms. The van der Waals surface area contributed by atoms with Gasteiger partial charge in [-0.15, -0.1) is 0 Å². The van der Waals surface area contributed by atoms with Crippen LogP contribution in [0.2, 0.25) is 5.02 Å². The number of aromatic nitrogens is 2. The predicted molar refractivity (Wildman–Crippen MR) is 125 cm³/mol. The van der Waals surface area contributed by atoms with Crippen LogP contribution in [0.3, 0.4) is 0 Å². The van der Waals surface area contributed by atoms with E-state index in [2.05, 4.69) is 25.9 Å². The lowest BCUT2D eigenvalue weighted by Gasteiger charge is -2.10. The largest absolute Gasteiger partial charge is 0.352 e. The second kappa shape index (κ2) is 10.3. The molecule has 1 aromatic heterocycles. The molecule has 3 aromatic rings. The fourth-order valence-corrected chi connectivity index (χ4v) is 3.69. The first-order valence-corrected chi connectivity index (χ1v) is 11.0. The topological polar surface area (TPSA) is 96.0 Å². The van der Waals surface area contributed by atoms with Crippen LogP contribution < -0.4 is 16.0 Å². The zero-order valence-electron chi connectivity index (χ0n) is 17.5. The number of ketones is 1. The minimum Gasteiger partial charge on any atom is -0.352 e. The zero-order valence-corrected chi connectivity index (χ0v) is 18.2. The number of halogens is 1. The summed E-state index contributed by atoms with van der Waals surface area (Å²) in [4.78, 5) is 32.8. The summed E-state index contributed by atoms with van der Waals surface area (Å²) in [6, 6.07) is 16.4. The molecular weight excluding hydrogens is 426 g/mol. The average molecular weight is 450 g/mol. The van der Waals surface area contributed by atoms with E-state index in [1.165, 1.54) is 0 Å². The van der Waals surface area contributed by atoms with Crippen molar-refractivity contribution in [2.75, 3.05) is 18.4 Å². The van der Waals surface area contributed by atoms with Crippen LogP contribution in [0.25, 0.3) is 11.3 Å². The smallest absolute Gasteiger partial charge is 0.251 e. The first-order chi connectivity index (χ1) is 15.6. The third kappa shape index (κ3) is 5.69. The van der Waals surface area contributed by atoms with Gasteiger partial charge in [-0.3, -0.25) is 9.59 Å². The van der Waals surface area contributed by atoms with Gasteiger partial charge in [0.25, 0.3) is 5.91 Å². The Balaban J connectivity index is 1.29. The van der Waals surface area contributed by atoms with Crippen molar-refractivity contribution in [3.8, 4) is 11.3 Å². The van der Waals surface area contributed by atoms with Gasteiger partial charge >= 0.3 is 0 Å². The lowest BCUT2D eigenvalue weighted by atomic mass is 10.1. The SMILES string of the molecule is O=C(NCCCC1NCCC1=O)c1ccc(Nc2nccc(-c3ccc(Cl)cc3)n2)cc1. The highest BCUT2D eigenvalue weighted by molar-refractivity contribution is 6.30. The lowest BCUT2D eigenvalue weighted by Crippen LogP contribution is -2.30. The Hall–Kier alpha value is -3.29. The fraction of sp³-hybridized carbons (Fsp3) is 0.250. The number of Topliss-reactive ketones (excluding diaryl/α,β-unsaturated/α-hetero) is 1. The summed E-state index contributed by atoms with van der Waals surface area (Å²) in [5.41, 5.74) is 3.08. The van der Waals surface area contributed by atoms with Gasteiger partial charge in [-0.1, -0.05) is 23.7 Å². The van der Waals surface area contributed by atoms with Crippen molar-refractivity contribution in [2.45, 2.75) is 25.3 Å². The maximum absolute atomic E-state index is 12.4. The normalized spacial score (nSPS) is 15.5. The van der Waals surface area contributed by atoms with Gasteiger partial charge in [0.15, 0.2) is 5.78 Å². The van der Waals surface area contributed by atoms with Crippen molar-refractivity contribution in [2.24, 2.45) is 0 Å². The molecule has 1 aliphatic rings. The van der Waals surface area contributed by atoms with Crippen molar-refractivity contribution in [1.82, 2.24) is 20.6 Å². The van der Waals surface area contributed by atoms with E-state index >= 15 is 0 Å². The van der Waals surface area contributed by atoms with E-state index in [1.54, 1.807) is 18.3 Å². The van der Waals surface area contributed by atoms with Crippen LogP contribution in [0.1, 0.15) is 29.6 Å². The second-order valence-electron chi connectivity index (χ2n) is 7.60. The Labute approximate surface area is 191 Å². The van der Waals surface area contributed by atoms with E-state index in [4.69, 9.17) is 11.6 Å². The molecule has 0 aliphatic carbocycles. The monoisotopic (exact) mass is 449 g/mol. The van der Waals surface area contributed by atoms with E-state index in [0.29, 0.717) is 29.5 Å². The Morgan fingerprint density at radius 2 is 1.88 bits per heavy atom. The van der Waals surface area contributed by atoms with Crippen molar-refractivity contribution in [3.63, 3.8) is 0 Å². The summed E-state index contributed by atoms with van der Waals surface area (Å²) in [6.07, 6.45) is 3.80. The molecule has 0 bridgehead atoms. The van der Waals surface area contributed by atoms with E-state index in [0.717, 1.165) is 36.3 Å². The first-order valence-electron chi connectivity index (χ1n) is 10.6. The number of nitrogens with one attached hydrogen (secondary N) is 3. The van der Waals surface area contributed by atoms with E-state index in [1.807, 2.05) is 42.5 Å². The van der Waals surface area contributed by atoms with E-state index < -0.39 is 0 Å². The number of benzene rings is 2.